The molecule has 0 aromatic heterocycles. The zero-order valence-corrected chi connectivity index (χ0v) is 19.1. The van der Waals surface area contributed by atoms with Crippen LogP contribution in [0.2, 0.25) is 0 Å². The van der Waals surface area contributed by atoms with Crippen molar-refractivity contribution >= 4 is 17.8 Å². The molecule has 182 valence electrons. The maximum Gasteiger partial charge on any atom is 0.326 e. The van der Waals surface area contributed by atoms with E-state index in [1.54, 1.807) is 36.4 Å². The number of benzene rings is 3. The minimum absolute atomic E-state index is 0.105. The van der Waals surface area contributed by atoms with Crippen molar-refractivity contribution < 1.29 is 24.6 Å². The van der Waals surface area contributed by atoms with Crippen molar-refractivity contribution in [3.63, 3.8) is 0 Å². The number of nitrogens with two attached hydrogens (primary N) is 1. The second kappa shape index (κ2) is 12.3. The lowest BCUT2D eigenvalue weighted by Crippen LogP contribution is -2.55. The summed E-state index contributed by atoms with van der Waals surface area (Å²) < 4.78 is 0. The molecule has 0 heterocycles. The van der Waals surface area contributed by atoms with E-state index in [9.17, 15) is 24.6 Å². The molecule has 3 atom stereocenters. The number of phenolic OH excluding ortho intramolecular Hbond substituents is 1. The summed E-state index contributed by atoms with van der Waals surface area (Å²) in [5.74, 6) is -2.21. The Morgan fingerprint density at radius 3 is 1.63 bits per heavy atom. The van der Waals surface area contributed by atoms with Gasteiger partial charge in [-0.3, -0.25) is 9.59 Å². The van der Waals surface area contributed by atoms with Crippen LogP contribution in [0.25, 0.3) is 0 Å². The lowest BCUT2D eigenvalue weighted by Gasteiger charge is -2.23. The van der Waals surface area contributed by atoms with E-state index in [-0.39, 0.29) is 25.0 Å². The van der Waals surface area contributed by atoms with Crippen LogP contribution in [0.1, 0.15) is 16.7 Å². The average molecular weight is 476 g/mol. The molecule has 35 heavy (non-hydrogen) atoms. The summed E-state index contributed by atoms with van der Waals surface area (Å²) in [4.78, 5) is 37.8. The van der Waals surface area contributed by atoms with E-state index >= 15 is 0 Å². The van der Waals surface area contributed by atoms with Gasteiger partial charge in [0, 0.05) is 12.8 Å². The second-order valence-electron chi connectivity index (χ2n) is 8.32. The van der Waals surface area contributed by atoms with Crippen molar-refractivity contribution in [3.8, 4) is 5.75 Å². The number of hydrogen-bond donors (Lipinski definition) is 5. The molecule has 0 bridgehead atoms. The number of aromatic hydroxyl groups is 1. The molecular weight excluding hydrogens is 446 g/mol. The van der Waals surface area contributed by atoms with Gasteiger partial charge >= 0.3 is 5.97 Å². The SMILES string of the molecule is N[C@@H](Cc1ccc(O)cc1)C(=O)N[C@@H](Cc1ccccc1)C(=O)N[C@@H](Cc1ccccc1)C(=O)O. The van der Waals surface area contributed by atoms with Gasteiger partial charge in [0.05, 0.1) is 6.04 Å². The summed E-state index contributed by atoms with van der Waals surface area (Å²) in [6, 6.07) is 21.3. The first-order valence-corrected chi connectivity index (χ1v) is 11.3. The Bertz CT molecular complexity index is 1120. The van der Waals surface area contributed by atoms with Crippen molar-refractivity contribution in [2.75, 3.05) is 0 Å². The van der Waals surface area contributed by atoms with E-state index in [0.717, 1.165) is 16.7 Å². The molecule has 2 amide bonds. The minimum Gasteiger partial charge on any atom is -0.508 e. The van der Waals surface area contributed by atoms with Crippen LogP contribution in [-0.4, -0.2) is 46.1 Å². The van der Waals surface area contributed by atoms with Crippen molar-refractivity contribution in [2.45, 2.75) is 37.4 Å². The van der Waals surface area contributed by atoms with Crippen molar-refractivity contribution in [1.82, 2.24) is 10.6 Å². The molecule has 0 aliphatic carbocycles. The fraction of sp³-hybridized carbons (Fsp3) is 0.222. The van der Waals surface area contributed by atoms with E-state index in [0.29, 0.717) is 0 Å². The maximum atomic E-state index is 13.1. The molecule has 3 aromatic rings. The van der Waals surface area contributed by atoms with Gasteiger partial charge in [-0.2, -0.15) is 0 Å². The molecule has 0 saturated heterocycles. The number of carboxylic acids is 1. The minimum atomic E-state index is -1.17. The predicted molar refractivity (Wildman–Crippen MR) is 132 cm³/mol. The summed E-state index contributed by atoms with van der Waals surface area (Å²) in [7, 11) is 0. The zero-order chi connectivity index (χ0) is 25.2. The Balaban J connectivity index is 1.72. The number of nitrogens with one attached hydrogen (secondary N) is 2. The number of hydrogen-bond acceptors (Lipinski definition) is 5. The van der Waals surface area contributed by atoms with Gasteiger partial charge in [-0.05, 0) is 35.2 Å². The number of carbonyl (C=O) groups is 3. The number of amides is 2. The van der Waals surface area contributed by atoms with E-state index in [1.807, 2.05) is 36.4 Å². The Morgan fingerprint density at radius 2 is 1.11 bits per heavy atom. The summed E-state index contributed by atoms with van der Waals surface area (Å²) in [6.45, 7) is 0. The van der Waals surface area contributed by atoms with Crippen LogP contribution < -0.4 is 16.4 Å². The molecule has 0 aliphatic rings. The van der Waals surface area contributed by atoms with Gasteiger partial charge in [0.25, 0.3) is 0 Å². The van der Waals surface area contributed by atoms with Crippen LogP contribution in [0.4, 0.5) is 0 Å². The van der Waals surface area contributed by atoms with Crippen LogP contribution in [0, 0.1) is 0 Å². The molecule has 3 rings (SSSR count). The molecular formula is C27H29N3O5. The number of rotatable bonds is 11. The van der Waals surface area contributed by atoms with Crippen LogP contribution in [-0.2, 0) is 33.6 Å². The normalized spacial score (nSPS) is 13.3. The highest BCUT2D eigenvalue weighted by atomic mass is 16.4. The monoisotopic (exact) mass is 475 g/mol. The van der Waals surface area contributed by atoms with E-state index in [2.05, 4.69) is 10.6 Å². The van der Waals surface area contributed by atoms with Crippen molar-refractivity contribution in [1.29, 1.82) is 0 Å². The van der Waals surface area contributed by atoms with Crippen LogP contribution in [0.5, 0.6) is 5.75 Å². The molecule has 0 radical (unpaired) electrons. The first kappa shape index (κ1) is 25.5. The van der Waals surface area contributed by atoms with Crippen molar-refractivity contribution in [2.24, 2.45) is 5.73 Å². The number of carbonyl (C=O) groups excluding carboxylic acids is 2. The van der Waals surface area contributed by atoms with Crippen LogP contribution in [0.3, 0.4) is 0 Å². The van der Waals surface area contributed by atoms with Gasteiger partial charge in [0.1, 0.15) is 17.8 Å². The largest absolute Gasteiger partial charge is 0.508 e. The van der Waals surface area contributed by atoms with Crippen molar-refractivity contribution in [3.05, 3.63) is 102 Å². The van der Waals surface area contributed by atoms with Gasteiger partial charge in [0.15, 0.2) is 0 Å². The smallest absolute Gasteiger partial charge is 0.326 e. The molecule has 0 fully saturated rings. The van der Waals surface area contributed by atoms with Crippen LogP contribution in [0.15, 0.2) is 84.9 Å². The van der Waals surface area contributed by atoms with E-state index in [4.69, 9.17) is 5.73 Å². The molecule has 0 unspecified atom stereocenters. The van der Waals surface area contributed by atoms with Crippen LogP contribution >= 0.6 is 0 Å². The highest BCUT2D eigenvalue weighted by Crippen LogP contribution is 2.12. The van der Waals surface area contributed by atoms with Gasteiger partial charge in [0.2, 0.25) is 11.8 Å². The molecule has 8 nitrogen and oxygen atoms in total. The first-order chi connectivity index (χ1) is 16.8. The third kappa shape index (κ3) is 7.97. The standard InChI is InChI=1S/C27H29N3O5/c28-22(15-20-11-13-21(31)14-12-20)25(32)29-23(16-18-7-3-1-4-8-18)26(33)30-24(27(34)35)17-19-9-5-2-6-10-19/h1-14,22-24,31H,15-17,28H2,(H,29,32)(H,30,33)(H,34,35)/t22-,23-,24-/m0/s1. The molecule has 3 aromatic carbocycles. The lowest BCUT2D eigenvalue weighted by atomic mass is 10.0. The van der Waals surface area contributed by atoms with E-state index in [1.165, 1.54) is 12.1 Å². The highest BCUT2D eigenvalue weighted by Gasteiger charge is 2.28. The van der Waals surface area contributed by atoms with Gasteiger partial charge < -0.3 is 26.6 Å². The van der Waals surface area contributed by atoms with Gasteiger partial charge in [-0.25, -0.2) is 4.79 Å². The Morgan fingerprint density at radius 1 is 0.657 bits per heavy atom. The fourth-order valence-corrected chi connectivity index (χ4v) is 3.64. The molecule has 8 heteroatoms. The Kier molecular flexibility index (Phi) is 8.97. The third-order valence-electron chi connectivity index (χ3n) is 5.54. The number of aliphatic carboxylic acids is 1. The average Bonchev–Trinajstić information content (AvgIpc) is 2.85. The molecule has 0 saturated carbocycles. The number of carboxylic acid groups (broad SMARTS) is 1. The quantitative estimate of drug-likeness (QED) is 0.286. The molecule has 0 aliphatic heterocycles. The van der Waals surface area contributed by atoms with Gasteiger partial charge in [-0.1, -0.05) is 72.8 Å². The summed E-state index contributed by atoms with van der Waals surface area (Å²) in [5, 5.41) is 24.3. The molecule has 6 N–H and O–H groups in total. The zero-order valence-electron chi connectivity index (χ0n) is 19.1. The topological polar surface area (TPSA) is 142 Å². The summed E-state index contributed by atoms with van der Waals surface area (Å²) >= 11 is 0. The predicted octanol–water partition coefficient (Wildman–Crippen LogP) is 1.80. The summed E-state index contributed by atoms with van der Waals surface area (Å²) in [6.07, 6.45) is 0.480. The molecule has 0 spiro atoms. The number of phenols is 1. The summed E-state index contributed by atoms with van der Waals surface area (Å²) in [5.41, 5.74) is 8.40. The lowest BCUT2D eigenvalue weighted by molar-refractivity contribution is -0.142. The van der Waals surface area contributed by atoms with Gasteiger partial charge in [-0.15, -0.1) is 0 Å². The first-order valence-electron chi connectivity index (χ1n) is 11.3. The highest BCUT2D eigenvalue weighted by molar-refractivity contribution is 5.92. The van der Waals surface area contributed by atoms with E-state index < -0.39 is 35.9 Å². The Hall–Kier alpha value is -4.17. The fourth-order valence-electron chi connectivity index (χ4n) is 3.64. The second-order valence-corrected chi connectivity index (χ2v) is 8.32. The Labute approximate surface area is 203 Å². The maximum absolute atomic E-state index is 13.1. The third-order valence-corrected chi connectivity index (χ3v) is 5.54.